The van der Waals surface area contributed by atoms with Gasteiger partial charge < -0.3 is 5.73 Å². The lowest BCUT2D eigenvalue weighted by atomic mass is 9.93. The smallest absolute Gasteiger partial charge is 0.00175 e. The van der Waals surface area contributed by atoms with Gasteiger partial charge in [-0.2, -0.15) is 0 Å². The van der Waals surface area contributed by atoms with Crippen LogP contribution in [0.5, 0.6) is 0 Å². The first-order valence-corrected chi connectivity index (χ1v) is 5.08. The fourth-order valence-electron chi connectivity index (χ4n) is 3.50. The first-order valence-electron chi connectivity index (χ1n) is 5.08. The Morgan fingerprint density at radius 2 is 1.50 bits per heavy atom. The average molecular weight is 167 g/mol. The van der Waals surface area contributed by atoms with Crippen LogP contribution >= 0.6 is 0 Å². The molecule has 0 aromatic carbocycles. The number of hydrogen-bond donors (Lipinski definition) is 1. The van der Waals surface area contributed by atoms with E-state index >= 15 is 0 Å². The monoisotopic (exact) mass is 167 g/mol. The summed E-state index contributed by atoms with van der Waals surface area (Å²) in [6.07, 6.45) is 2.75. The molecule has 2 fully saturated rings. The Balaban J connectivity index is 2.19. The minimum atomic E-state index is 0.531. The van der Waals surface area contributed by atoms with Crippen molar-refractivity contribution in [2.45, 2.75) is 40.5 Å². The molecule has 1 nitrogen and oxygen atoms in total. The number of nitrogens with two attached hydrogens (primary N) is 1. The molecule has 0 heterocycles. The molecule has 2 N–H and O–H groups in total. The molecule has 0 saturated heterocycles. The third-order valence-electron chi connectivity index (χ3n) is 4.93. The highest BCUT2D eigenvalue weighted by Crippen LogP contribution is 2.79. The van der Waals surface area contributed by atoms with Crippen LogP contribution in [0.15, 0.2) is 0 Å². The van der Waals surface area contributed by atoms with E-state index in [-0.39, 0.29) is 0 Å². The van der Waals surface area contributed by atoms with E-state index in [2.05, 4.69) is 27.7 Å². The molecule has 12 heavy (non-hydrogen) atoms. The zero-order chi connectivity index (χ0) is 9.20. The van der Waals surface area contributed by atoms with Crippen LogP contribution in [0.2, 0.25) is 0 Å². The molecule has 0 aromatic heterocycles. The average Bonchev–Trinajstić information content (AvgIpc) is 2.75. The first kappa shape index (κ1) is 8.55. The van der Waals surface area contributed by atoms with Crippen LogP contribution in [0.4, 0.5) is 0 Å². The molecule has 0 aromatic rings. The molecule has 0 amide bonds. The molecule has 0 aliphatic heterocycles. The number of rotatable bonds is 2. The van der Waals surface area contributed by atoms with Crippen LogP contribution in [0.25, 0.3) is 0 Å². The standard InChI is InChI=1S/C11H21N/c1-9(2)8(10(9,3)4)11(7-12)5-6-11/h8H,5-7,12H2,1-4H3. The summed E-state index contributed by atoms with van der Waals surface area (Å²) in [4.78, 5) is 0. The van der Waals surface area contributed by atoms with Crippen molar-refractivity contribution in [1.82, 2.24) is 0 Å². The second-order valence-electron chi connectivity index (χ2n) is 5.94. The fraction of sp³-hybridized carbons (Fsp3) is 1.00. The highest BCUT2D eigenvalue weighted by Gasteiger charge is 2.74. The third kappa shape index (κ3) is 0.736. The molecule has 2 rings (SSSR count). The van der Waals surface area contributed by atoms with Crippen molar-refractivity contribution in [1.29, 1.82) is 0 Å². The molecule has 0 spiro atoms. The molecule has 0 bridgehead atoms. The van der Waals surface area contributed by atoms with Gasteiger partial charge in [-0.1, -0.05) is 27.7 Å². The van der Waals surface area contributed by atoms with Gasteiger partial charge in [0.25, 0.3) is 0 Å². The summed E-state index contributed by atoms with van der Waals surface area (Å²) in [6.45, 7) is 10.5. The Kier molecular flexibility index (Phi) is 1.35. The summed E-state index contributed by atoms with van der Waals surface area (Å²) < 4.78 is 0. The second kappa shape index (κ2) is 1.89. The lowest BCUT2D eigenvalue weighted by Crippen LogP contribution is -2.20. The third-order valence-corrected chi connectivity index (χ3v) is 4.93. The highest BCUT2D eigenvalue weighted by molar-refractivity contribution is 5.22. The van der Waals surface area contributed by atoms with Crippen LogP contribution in [0.1, 0.15) is 40.5 Å². The quantitative estimate of drug-likeness (QED) is 0.671. The summed E-state index contributed by atoms with van der Waals surface area (Å²) in [5.41, 5.74) is 7.46. The molecule has 0 unspecified atom stereocenters. The van der Waals surface area contributed by atoms with Crippen molar-refractivity contribution < 1.29 is 0 Å². The molecular weight excluding hydrogens is 146 g/mol. The minimum Gasteiger partial charge on any atom is -0.330 e. The lowest BCUT2D eigenvalue weighted by molar-refractivity contribution is 0.369. The van der Waals surface area contributed by atoms with Crippen molar-refractivity contribution in [2.75, 3.05) is 6.54 Å². The van der Waals surface area contributed by atoms with Gasteiger partial charge in [0.05, 0.1) is 0 Å². The second-order valence-corrected chi connectivity index (χ2v) is 5.94. The topological polar surface area (TPSA) is 26.0 Å². The molecule has 0 atom stereocenters. The Morgan fingerprint density at radius 3 is 1.58 bits per heavy atom. The predicted octanol–water partition coefficient (Wildman–Crippen LogP) is 2.41. The van der Waals surface area contributed by atoms with E-state index in [0.717, 1.165) is 12.5 Å². The van der Waals surface area contributed by atoms with Crippen LogP contribution in [0.3, 0.4) is 0 Å². The fourth-order valence-corrected chi connectivity index (χ4v) is 3.50. The van der Waals surface area contributed by atoms with E-state index < -0.39 is 0 Å². The molecule has 0 radical (unpaired) electrons. The van der Waals surface area contributed by atoms with Gasteiger partial charge >= 0.3 is 0 Å². The van der Waals surface area contributed by atoms with E-state index in [4.69, 9.17) is 5.73 Å². The van der Waals surface area contributed by atoms with E-state index in [1.807, 2.05) is 0 Å². The highest BCUT2D eigenvalue weighted by atomic mass is 14.8. The molecular formula is C11H21N. The van der Waals surface area contributed by atoms with Crippen molar-refractivity contribution in [2.24, 2.45) is 27.9 Å². The van der Waals surface area contributed by atoms with Crippen molar-refractivity contribution in [3.8, 4) is 0 Å². The maximum Gasteiger partial charge on any atom is -0.00175 e. The van der Waals surface area contributed by atoms with Gasteiger partial charge in [0, 0.05) is 0 Å². The molecule has 2 aliphatic rings. The summed E-state index contributed by atoms with van der Waals surface area (Å²) in [7, 11) is 0. The maximum atomic E-state index is 5.85. The van der Waals surface area contributed by atoms with E-state index in [0.29, 0.717) is 16.2 Å². The SMILES string of the molecule is CC1(C)C(C2(CN)CC2)C1(C)C. The zero-order valence-electron chi connectivity index (χ0n) is 8.78. The largest absolute Gasteiger partial charge is 0.330 e. The Morgan fingerprint density at radius 1 is 1.08 bits per heavy atom. The molecule has 70 valence electrons. The Hall–Kier alpha value is -0.0400. The predicted molar refractivity (Wildman–Crippen MR) is 51.8 cm³/mol. The Bertz CT molecular complexity index is 197. The zero-order valence-corrected chi connectivity index (χ0v) is 8.78. The van der Waals surface area contributed by atoms with Crippen LogP contribution < -0.4 is 5.73 Å². The van der Waals surface area contributed by atoms with Gasteiger partial charge in [-0.25, -0.2) is 0 Å². The van der Waals surface area contributed by atoms with Crippen LogP contribution in [-0.4, -0.2) is 6.54 Å². The summed E-state index contributed by atoms with van der Waals surface area (Å²) >= 11 is 0. The van der Waals surface area contributed by atoms with Gasteiger partial charge in [-0.15, -0.1) is 0 Å². The Labute approximate surface area is 75.7 Å². The van der Waals surface area contributed by atoms with Crippen molar-refractivity contribution >= 4 is 0 Å². The van der Waals surface area contributed by atoms with Crippen molar-refractivity contribution in [3.63, 3.8) is 0 Å². The normalized spacial score (nSPS) is 34.8. The molecule has 2 saturated carbocycles. The summed E-state index contributed by atoms with van der Waals surface area (Å²) in [5, 5.41) is 0. The van der Waals surface area contributed by atoms with Crippen LogP contribution in [-0.2, 0) is 0 Å². The van der Waals surface area contributed by atoms with Gasteiger partial charge in [0.1, 0.15) is 0 Å². The summed E-state index contributed by atoms with van der Waals surface area (Å²) in [6, 6.07) is 0. The van der Waals surface area contributed by atoms with E-state index in [1.54, 1.807) is 0 Å². The van der Waals surface area contributed by atoms with E-state index in [9.17, 15) is 0 Å². The van der Waals surface area contributed by atoms with Crippen molar-refractivity contribution in [3.05, 3.63) is 0 Å². The van der Waals surface area contributed by atoms with Gasteiger partial charge in [0.2, 0.25) is 0 Å². The maximum absolute atomic E-state index is 5.85. The first-order chi connectivity index (χ1) is 5.38. The van der Waals surface area contributed by atoms with E-state index in [1.165, 1.54) is 12.8 Å². The molecule has 1 heteroatoms. The minimum absolute atomic E-state index is 0.531. The summed E-state index contributed by atoms with van der Waals surface area (Å²) in [5.74, 6) is 0.877. The molecule has 2 aliphatic carbocycles. The van der Waals surface area contributed by atoms with Gasteiger partial charge in [-0.05, 0) is 41.5 Å². The lowest BCUT2D eigenvalue weighted by Gasteiger charge is -2.14. The number of hydrogen-bond acceptors (Lipinski definition) is 1. The van der Waals surface area contributed by atoms with Gasteiger partial charge in [-0.3, -0.25) is 0 Å². The van der Waals surface area contributed by atoms with Crippen LogP contribution in [0, 0.1) is 22.2 Å². The van der Waals surface area contributed by atoms with Gasteiger partial charge in [0.15, 0.2) is 0 Å².